The van der Waals surface area contributed by atoms with Crippen molar-refractivity contribution in [3.05, 3.63) is 125 Å². The van der Waals surface area contributed by atoms with E-state index in [9.17, 15) is 0 Å². The number of aryl methyl sites for hydroxylation is 2. The van der Waals surface area contributed by atoms with E-state index in [1.807, 2.05) is 24.3 Å². The van der Waals surface area contributed by atoms with Crippen LogP contribution in [0.25, 0.3) is 11.1 Å². The van der Waals surface area contributed by atoms with Crippen molar-refractivity contribution in [3.63, 3.8) is 0 Å². The number of rotatable bonds is 3. The van der Waals surface area contributed by atoms with Gasteiger partial charge in [-0.05, 0) is 42.6 Å². The number of hydrogen-bond acceptors (Lipinski definition) is 5. The molecule has 0 spiro atoms. The van der Waals surface area contributed by atoms with Gasteiger partial charge in [-0.3, -0.25) is 4.79 Å². The zero-order valence-electron chi connectivity index (χ0n) is 22.0. The maximum absolute atomic E-state index is 8.64. The van der Waals surface area contributed by atoms with Crippen LogP contribution in [0, 0.1) is 13.8 Å². The summed E-state index contributed by atoms with van der Waals surface area (Å²) in [4.78, 5) is 11.2. The topological polar surface area (TPSA) is 89.8 Å². The van der Waals surface area contributed by atoms with E-state index in [1.54, 1.807) is 24.3 Å². The monoisotopic (exact) mass is 600 g/mol. The first-order valence-corrected chi connectivity index (χ1v) is 11.1. The molecule has 0 aliphatic heterocycles. The first-order valence-electron chi connectivity index (χ1n) is 10.3. The van der Waals surface area contributed by atoms with Crippen LogP contribution in [0.4, 0.5) is 0 Å². The van der Waals surface area contributed by atoms with Gasteiger partial charge in [0.2, 0.25) is 0 Å². The summed E-state index contributed by atoms with van der Waals surface area (Å²) in [7, 11) is -1.34. The third-order valence-corrected chi connectivity index (χ3v) is 4.84. The fourth-order valence-electron chi connectivity index (χ4n) is 2.54. The Morgan fingerprint density at radius 2 is 1.08 bits per heavy atom. The van der Waals surface area contributed by atoms with Crippen LogP contribution < -0.4 is 113 Å². The number of benzene rings is 4. The van der Waals surface area contributed by atoms with Gasteiger partial charge in [-0.15, -0.1) is 0 Å². The molecule has 4 aromatic carbocycles. The average Bonchev–Trinajstić information content (AvgIpc) is 2.88. The molecule has 0 fully saturated rings. The summed E-state index contributed by atoms with van der Waals surface area (Å²) < 4.78 is 1.14. The van der Waals surface area contributed by atoms with Crippen LogP contribution >= 0.6 is 15.9 Å². The molecule has 0 aromatic heterocycles. The summed E-state index contributed by atoms with van der Waals surface area (Å²) >= 11 is 3.35. The summed E-state index contributed by atoms with van der Waals surface area (Å²) in [5.74, 6) is 0. The van der Waals surface area contributed by atoms with Gasteiger partial charge in [-0.25, -0.2) is 0 Å². The maximum Gasteiger partial charge on any atom is 1.00 e. The Bertz CT molecular complexity index is 1040. The van der Waals surface area contributed by atoms with E-state index in [0.717, 1.165) is 4.47 Å². The number of carbonyl (C=O) groups excluding carboxylic acids is 1. The third kappa shape index (κ3) is 18.3. The van der Waals surface area contributed by atoms with Gasteiger partial charge in [-0.2, -0.15) is 0 Å². The van der Waals surface area contributed by atoms with E-state index in [1.165, 1.54) is 22.3 Å². The Balaban J connectivity index is -0.000000432. The fourth-order valence-corrected chi connectivity index (χ4v) is 2.80. The van der Waals surface area contributed by atoms with E-state index in [0.29, 0.717) is 5.46 Å². The number of halogens is 1. The van der Waals surface area contributed by atoms with Crippen molar-refractivity contribution in [1.29, 1.82) is 0 Å². The zero-order valence-corrected chi connectivity index (χ0v) is 28.9. The molecule has 0 unspecified atom stereocenters. The van der Waals surface area contributed by atoms with E-state index >= 15 is 0 Å². The van der Waals surface area contributed by atoms with Gasteiger partial charge in [0.1, 0.15) is 0 Å². The molecule has 0 aliphatic carbocycles. The number of hydrogen-bond donors (Lipinski definition) is 2. The Hall–Kier alpha value is 0.0477. The van der Waals surface area contributed by atoms with Crippen LogP contribution in [0.1, 0.15) is 12.6 Å². The van der Waals surface area contributed by atoms with E-state index in [2.05, 4.69) is 95.3 Å². The van der Waals surface area contributed by atoms with Crippen molar-refractivity contribution >= 4 is 35.0 Å². The smallest absolute Gasteiger partial charge is 1.00 e. The molecule has 0 saturated heterocycles. The zero-order chi connectivity index (χ0) is 25.2. The number of carbonyl (C=O) groups is 1. The second kappa shape index (κ2) is 24.1. The Morgan fingerprint density at radius 1 is 0.722 bits per heavy atom. The van der Waals surface area contributed by atoms with Crippen LogP contribution in [-0.4, -0.2) is 23.6 Å². The molecule has 0 amide bonds. The third-order valence-electron chi connectivity index (χ3n) is 4.31. The second-order valence-electron chi connectivity index (χ2n) is 7.00. The molecule has 36 heavy (non-hydrogen) atoms. The van der Waals surface area contributed by atoms with Crippen LogP contribution in [0.2, 0.25) is 0 Å². The maximum atomic E-state index is 8.64. The summed E-state index contributed by atoms with van der Waals surface area (Å²) in [5.41, 5.74) is 5.69. The summed E-state index contributed by atoms with van der Waals surface area (Å²) in [6, 6.07) is 35.9. The molecule has 4 aromatic rings. The first-order chi connectivity index (χ1) is 16.4. The average molecular weight is 601 g/mol. The molecule has 9 heteroatoms. The van der Waals surface area contributed by atoms with E-state index in [4.69, 9.17) is 20.1 Å². The largest absolute Gasteiger partial charge is 1.00 e. The summed E-state index contributed by atoms with van der Waals surface area (Å²) in [5, 5.41) is 25.6. The Morgan fingerprint density at radius 3 is 1.42 bits per heavy atom. The van der Waals surface area contributed by atoms with Crippen molar-refractivity contribution < 1.29 is 129 Å². The molecule has 2 N–H and O–H groups in total. The van der Waals surface area contributed by atoms with Gasteiger partial charge >= 0.3 is 110 Å². The van der Waals surface area contributed by atoms with Gasteiger partial charge in [0, 0.05) is 4.47 Å². The minimum Gasteiger partial charge on any atom is -1.00 e. The quantitative estimate of drug-likeness (QED) is 0.127. The van der Waals surface area contributed by atoms with E-state index in [-0.39, 0.29) is 111 Å². The van der Waals surface area contributed by atoms with Crippen LogP contribution in [-0.2, 0) is 9.68 Å². The minimum atomic E-state index is -1.34. The Kier molecular flexibility index (Phi) is 25.6. The van der Waals surface area contributed by atoms with Crippen LogP contribution in [0.15, 0.2) is 114 Å². The van der Waals surface area contributed by atoms with Crippen LogP contribution in [0.5, 0.6) is 0 Å². The molecule has 0 radical (unpaired) electrons. The molecule has 5 nitrogen and oxygen atoms in total. The molecule has 0 heterocycles. The van der Waals surface area contributed by atoms with Gasteiger partial charge in [0.15, 0.2) is 0 Å². The standard InChI is InChI=1S/C13H12.C7H7Br.C6H7BO2.CH2O3.2K.H/c1-11-7-9-13(10-8-11)12-5-3-2-4-6-12;1-6-2-4-7(8)5-3-6;8-7(9)6-4-2-1-3-5-6;2-1-4-3;;;/h2-10H,1H3;2-5H,1H3;1-5,8-9H;1,3H;;;/q;;;;2*+1;-1/p-1. The molecule has 0 atom stereocenters. The summed E-state index contributed by atoms with van der Waals surface area (Å²) in [6.07, 6.45) is 0. The van der Waals surface area contributed by atoms with Gasteiger partial charge < -0.3 is 21.6 Å². The van der Waals surface area contributed by atoms with Crippen molar-refractivity contribution in [2.45, 2.75) is 13.8 Å². The molecule has 0 aliphatic rings. The first kappa shape index (κ1) is 38.2. The van der Waals surface area contributed by atoms with Gasteiger partial charge in [0.05, 0.1) is 0 Å². The van der Waals surface area contributed by atoms with Crippen molar-refractivity contribution in [2.24, 2.45) is 0 Å². The molecule has 0 bridgehead atoms. The van der Waals surface area contributed by atoms with Gasteiger partial charge in [-0.1, -0.05) is 124 Å². The van der Waals surface area contributed by atoms with Crippen LogP contribution in [0.3, 0.4) is 0 Å². The molecular weight excluding hydrogens is 573 g/mol. The molecule has 4 rings (SSSR count). The summed E-state index contributed by atoms with van der Waals surface area (Å²) in [6.45, 7) is 4.00. The van der Waals surface area contributed by atoms with Crippen molar-refractivity contribution in [1.82, 2.24) is 0 Å². The predicted molar refractivity (Wildman–Crippen MR) is 140 cm³/mol. The minimum absolute atomic E-state index is 0. The van der Waals surface area contributed by atoms with Crippen molar-refractivity contribution in [2.75, 3.05) is 0 Å². The van der Waals surface area contributed by atoms with Crippen molar-refractivity contribution in [3.8, 4) is 11.1 Å². The normalized spacial score (nSPS) is 8.50. The molecular formula is C27H28BBrK2O5. The molecule has 0 saturated carbocycles. The van der Waals surface area contributed by atoms with E-state index < -0.39 is 7.12 Å². The van der Waals surface area contributed by atoms with Gasteiger partial charge in [0.25, 0.3) is 6.47 Å². The fraction of sp³-hybridized carbons (Fsp3) is 0.0741. The SMILES string of the molecule is Cc1ccc(-c2ccccc2)cc1.Cc1ccc(Br)cc1.O=CO[O-].OB(O)c1ccccc1.[H-].[K+].[K+]. The molecule has 178 valence electrons. The predicted octanol–water partition coefficient (Wildman–Crippen LogP) is -1.66. The second-order valence-corrected chi connectivity index (χ2v) is 7.92. The Labute approximate surface area is 308 Å².